The Morgan fingerprint density at radius 1 is 1.35 bits per heavy atom. The van der Waals surface area contributed by atoms with Gasteiger partial charge in [0, 0.05) is 17.3 Å². The molecule has 1 aliphatic rings. The lowest BCUT2D eigenvalue weighted by Gasteiger charge is -2.23. The molecule has 120 valence electrons. The van der Waals surface area contributed by atoms with Gasteiger partial charge in [0.15, 0.2) is 0 Å². The number of hydrogen-bond donors (Lipinski definition) is 1. The smallest absolute Gasteiger partial charge is 0.264 e. The summed E-state index contributed by atoms with van der Waals surface area (Å²) in [6.45, 7) is 2.52. The van der Waals surface area contributed by atoms with E-state index >= 15 is 0 Å². The predicted molar refractivity (Wildman–Crippen MR) is 93.2 cm³/mol. The maximum Gasteiger partial charge on any atom is 0.264 e. The quantitative estimate of drug-likeness (QED) is 0.912. The van der Waals surface area contributed by atoms with Crippen molar-refractivity contribution in [2.45, 2.75) is 25.8 Å². The van der Waals surface area contributed by atoms with Gasteiger partial charge in [-0.25, -0.2) is 0 Å². The summed E-state index contributed by atoms with van der Waals surface area (Å²) >= 11 is 7.49. The number of halogens is 1. The fraction of sp³-hybridized carbons (Fsp3) is 0.294. The standard InChI is InChI=1S/C17H17ClN2O2S/c1-11-6-7-12(10-13(11)18)19-16(21)14-4-2-8-20(14)17(22)15-5-3-9-23-15/h3,5-7,9-10,14H,2,4,8H2,1H3,(H,19,21). The molecule has 1 aromatic heterocycles. The molecule has 0 saturated carbocycles. The molecule has 0 spiro atoms. The number of likely N-dealkylation sites (tertiary alicyclic amines) is 1. The van der Waals surface area contributed by atoms with Crippen LogP contribution < -0.4 is 5.32 Å². The van der Waals surface area contributed by atoms with Crippen LogP contribution >= 0.6 is 22.9 Å². The highest BCUT2D eigenvalue weighted by atomic mass is 35.5. The molecular formula is C17H17ClN2O2S. The summed E-state index contributed by atoms with van der Waals surface area (Å²) in [5.41, 5.74) is 1.61. The van der Waals surface area contributed by atoms with Crippen molar-refractivity contribution in [2.75, 3.05) is 11.9 Å². The number of amides is 2. The Labute approximate surface area is 144 Å². The van der Waals surface area contributed by atoms with E-state index in [1.54, 1.807) is 17.0 Å². The van der Waals surface area contributed by atoms with E-state index in [0.717, 1.165) is 12.0 Å². The highest BCUT2D eigenvalue weighted by Crippen LogP contribution is 2.25. The van der Waals surface area contributed by atoms with E-state index in [4.69, 9.17) is 11.6 Å². The molecule has 1 saturated heterocycles. The minimum absolute atomic E-state index is 0.0698. The number of nitrogens with one attached hydrogen (secondary N) is 1. The normalized spacial score (nSPS) is 17.3. The van der Waals surface area contributed by atoms with Crippen molar-refractivity contribution in [2.24, 2.45) is 0 Å². The Kier molecular flexibility index (Phi) is 4.68. The molecule has 3 rings (SSSR count). The van der Waals surface area contributed by atoms with Crippen molar-refractivity contribution < 1.29 is 9.59 Å². The number of thiophene rings is 1. The molecule has 0 bridgehead atoms. The van der Waals surface area contributed by atoms with Crippen LogP contribution in [0.15, 0.2) is 35.7 Å². The van der Waals surface area contributed by atoms with Gasteiger partial charge in [0.1, 0.15) is 6.04 Å². The van der Waals surface area contributed by atoms with Crippen LogP contribution in [0.5, 0.6) is 0 Å². The number of hydrogen-bond acceptors (Lipinski definition) is 3. The maximum atomic E-state index is 12.6. The first kappa shape index (κ1) is 16.0. The van der Waals surface area contributed by atoms with Gasteiger partial charge < -0.3 is 10.2 Å². The van der Waals surface area contributed by atoms with Crippen LogP contribution in [0.4, 0.5) is 5.69 Å². The molecule has 1 atom stereocenters. The Hall–Kier alpha value is -1.85. The van der Waals surface area contributed by atoms with E-state index in [2.05, 4.69) is 5.32 Å². The topological polar surface area (TPSA) is 49.4 Å². The van der Waals surface area contributed by atoms with Crippen LogP contribution in [0, 0.1) is 6.92 Å². The first-order valence-corrected chi connectivity index (χ1v) is 8.73. The number of aryl methyl sites for hydroxylation is 1. The molecule has 23 heavy (non-hydrogen) atoms. The van der Waals surface area contributed by atoms with Gasteiger partial charge in [0.05, 0.1) is 4.88 Å². The van der Waals surface area contributed by atoms with E-state index in [1.807, 2.05) is 30.5 Å². The van der Waals surface area contributed by atoms with Crippen LogP contribution in [0.1, 0.15) is 28.1 Å². The van der Waals surface area contributed by atoms with Crippen LogP contribution in [-0.2, 0) is 4.79 Å². The molecule has 1 aromatic carbocycles. The Bertz CT molecular complexity index is 730. The van der Waals surface area contributed by atoms with Crippen molar-refractivity contribution in [3.05, 3.63) is 51.2 Å². The lowest BCUT2D eigenvalue weighted by molar-refractivity contribution is -0.119. The summed E-state index contributed by atoms with van der Waals surface area (Å²) in [6, 6.07) is 8.62. The van der Waals surface area contributed by atoms with Crippen molar-refractivity contribution in [1.29, 1.82) is 0 Å². The summed E-state index contributed by atoms with van der Waals surface area (Å²) in [5, 5.41) is 5.35. The molecule has 1 aliphatic heterocycles. The summed E-state index contributed by atoms with van der Waals surface area (Å²) < 4.78 is 0. The van der Waals surface area contributed by atoms with Gasteiger partial charge in [-0.05, 0) is 48.9 Å². The van der Waals surface area contributed by atoms with E-state index in [0.29, 0.717) is 28.6 Å². The van der Waals surface area contributed by atoms with Crippen LogP contribution in [0.25, 0.3) is 0 Å². The van der Waals surface area contributed by atoms with E-state index in [-0.39, 0.29) is 11.8 Å². The molecular weight excluding hydrogens is 332 g/mol. The molecule has 0 radical (unpaired) electrons. The van der Waals surface area contributed by atoms with Gasteiger partial charge in [0.25, 0.3) is 5.91 Å². The highest BCUT2D eigenvalue weighted by molar-refractivity contribution is 7.12. The van der Waals surface area contributed by atoms with Gasteiger partial charge in [-0.2, -0.15) is 0 Å². The Morgan fingerprint density at radius 3 is 2.87 bits per heavy atom. The zero-order chi connectivity index (χ0) is 16.4. The zero-order valence-corrected chi connectivity index (χ0v) is 14.3. The number of nitrogens with zero attached hydrogens (tertiary/aromatic N) is 1. The summed E-state index contributed by atoms with van der Waals surface area (Å²) in [7, 11) is 0. The fourth-order valence-electron chi connectivity index (χ4n) is 2.72. The Morgan fingerprint density at radius 2 is 2.17 bits per heavy atom. The minimum atomic E-state index is -0.426. The van der Waals surface area contributed by atoms with Crippen molar-refractivity contribution >= 4 is 40.4 Å². The molecule has 6 heteroatoms. The second kappa shape index (κ2) is 6.72. The molecule has 2 aromatic rings. The lowest BCUT2D eigenvalue weighted by Crippen LogP contribution is -2.42. The highest BCUT2D eigenvalue weighted by Gasteiger charge is 2.34. The first-order chi connectivity index (χ1) is 11.1. The number of benzene rings is 1. The lowest BCUT2D eigenvalue weighted by atomic mass is 10.2. The first-order valence-electron chi connectivity index (χ1n) is 7.48. The Balaban J connectivity index is 1.73. The maximum absolute atomic E-state index is 12.6. The monoisotopic (exact) mass is 348 g/mol. The predicted octanol–water partition coefficient (Wildman–Crippen LogP) is 3.95. The number of rotatable bonds is 3. The number of carbonyl (C=O) groups is 2. The molecule has 1 fully saturated rings. The van der Waals surface area contributed by atoms with Crippen molar-refractivity contribution in [3.8, 4) is 0 Å². The average molecular weight is 349 g/mol. The van der Waals surface area contributed by atoms with Crippen LogP contribution in [0.2, 0.25) is 5.02 Å². The van der Waals surface area contributed by atoms with E-state index in [9.17, 15) is 9.59 Å². The average Bonchev–Trinajstić information content (AvgIpc) is 3.21. The number of carbonyl (C=O) groups excluding carboxylic acids is 2. The summed E-state index contributed by atoms with van der Waals surface area (Å²) in [6.07, 6.45) is 1.52. The van der Waals surface area contributed by atoms with Gasteiger partial charge in [0.2, 0.25) is 5.91 Å². The minimum Gasteiger partial charge on any atom is -0.326 e. The van der Waals surface area contributed by atoms with Gasteiger partial charge in [-0.1, -0.05) is 23.7 Å². The summed E-state index contributed by atoms with van der Waals surface area (Å²) in [4.78, 5) is 27.4. The van der Waals surface area contributed by atoms with Gasteiger partial charge in [-0.3, -0.25) is 9.59 Å². The molecule has 4 nitrogen and oxygen atoms in total. The zero-order valence-electron chi connectivity index (χ0n) is 12.7. The molecule has 1 unspecified atom stereocenters. The third-order valence-electron chi connectivity index (χ3n) is 3.99. The van der Waals surface area contributed by atoms with Gasteiger partial charge >= 0.3 is 0 Å². The van der Waals surface area contributed by atoms with Crippen molar-refractivity contribution in [1.82, 2.24) is 4.90 Å². The third-order valence-corrected chi connectivity index (χ3v) is 5.25. The van der Waals surface area contributed by atoms with Crippen LogP contribution in [0.3, 0.4) is 0 Å². The van der Waals surface area contributed by atoms with Gasteiger partial charge in [-0.15, -0.1) is 11.3 Å². The molecule has 2 amide bonds. The second-order valence-corrected chi connectivity index (χ2v) is 6.94. The van der Waals surface area contributed by atoms with Crippen molar-refractivity contribution in [3.63, 3.8) is 0 Å². The third kappa shape index (κ3) is 3.41. The fourth-order valence-corrected chi connectivity index (χ4v) is 3.58. The van der Waals surface area contributed by atoms with E-state index in [1.165, 1.54) is 11.3 Å². The second-order valence-electron chi connectivity index (χ2n) is 5.59. The number of anilines is 1. The molecule has 2 heterocycles. The SMILES string of the molecule is Cc1ccc(NC(=O)C2CCCN2C(=O)c2cccs2)cc1Cl. The van der Waals surface area contributed by atoms with Crippen LogP contribution in [-0.4, -0.2) is 29.3 Å². The van der Waals surface area contributed by atoms with E-state index < -0.39 is 6.04 Å². The molecule has 1 N–H and O–H groups in total. The molecule has 0 aliphatic carbocycles. The largest absolute Gasteiger partial charge is 0.326 e. The summed E-state index contributed by atoms with van der Waals surface area (Å²) in [5.74, 6) is -0.230.